The Labute approximate surface area is 168 Å². The lowest BCUT2D eigenvalue weighted by Gasteiger charge is -2.56. The maximum atomic E-state index is 14.2. The van der Waals surface area contributed by atoms with Gasteiger partial charge >= 0.3 is 0 Å². The molecule has 3 amide bonds. The Morgan fingerprint density at radius 2 is 2.03 bits per heavy atom. The standard InChI is InChI=1S/C21H25FN4O3/c22-21-8-20(9-21,11-24-12-21)10-23-6-13-1-2-14-7-26(19(29)15(14)5-13)16-3-4-17(27)25-18(16)28/h1-2,5,16,23-24H,3-4,6-12H2,(H,25,27,28). The number of carbonyl (C=O) groups is 3. The lowest BCUT2D eigenvalue weighted by Crippen LogP contribution is -2.66. The molecule has 3 saturated heterocycles. The summed E-state index contributed by atoms with van der Waals surface area (Å²) in [6.07, 6.45) is 1.85. The molecule has 0 spiro atoms. The van der Waals surface area contributed by atoms with Crippen molar-refractivity contribution in [2.45, 2.75) is 50.5 Å². The van der Waals surface area contributed by atoms with Crippen molar-refractivity contribution in [3.63, 3.8) is 0 Å². The van der Waals surface area contributed by atoms with E-state index in [2.05, 4.69) is 16.0 Å². The average Bonchev–Trinajstić information content (AvgIpc) is 2.97. The van der Waals surface area contributed by atoms with E-state index in [-0.39, 0.29) is 23.7 Å². The van der Waals surface area contributed by atoms with Crippen LogP contribution >= 0.6 is 0 Å². The molecule has 1 aromatic rings. The Morgan fingerprint density at radius 1 is 1.21 bits per heavy atom. The van der Waals surface area contributed by atoms with Gasteiger partial charge in [-0.25, -0.2) is 4.39 Å². The number of hydrogen-bond acceptors (Lipinski definition) is 5. The molecule has 6 rings (SSSR count). The van der Waals surface area contributed by atoms with Crippen molar-refractivity contribution >= 4 is 17.7 Å². The summed E-state index contributed by atoms with van der Waals surface area (Å²) >= 11 is 0. The van der Waals surface area contributed by atoms with E-state index in [0.29, 0.717) is 44.5 Å². The van der Waals surface area contributed by atoms with Crippen LogP contribution in [0.1, 0.15) is 47.2 Å². The van der Waals surface area contributed by atoms with Crippen LogP contribution in [0, 0.1) is 5.41 Å². The number of piperidine rings is 3. The third-order valence-electron chi connectivity index (χ3n) is 6.75. The first kappa shape index (κ1) is 18.7. The van der Waals surface area contributed by atoms with Crippen LogP contribution in [0.5, 0.6) is 0 Å². The van der Waals surface area contributed by atoms with Crippen LogP contribution in [0.2, 0.25) is 0 Å². The number of benzene rings is 1. The van der Waals surface area contributed by atoms with Gasteiger partial charge in [-0.05, 0) is 36.5 Å². The number of nitrogens with zero attached hydrogens (tertiary/aromatic N) is 1. The fourth-order valence-electron chi connectivity index (χ4n) is 5.47. The molecule has 1 atom stereocenters. The summed E-state index contributed by atoms with van der Waals surface area (Å²) in [5, 5.41) is 8.92. The molecule has 5 aliphatic rings. The molecule has 3 N–H and O–H groups in total. The second kappa shape index (κ2) is 6.60. The highest BCUT2D eigenvalue weighted by Crippen LogP contribution is 2.52. The van der Waals surface area contributed by atoms with Crippen LogP contribution in [0.25, 0.3) is 0 Å². The highest BCUT2D eigenvalue weighted by molar-refractivity contribution is 6.05. The largest absolute Gasteiger partial charge is 0.322 e. The zero-order valence-electron chi connectivity index (χ0n) is 16.2. The van der Waals surface area contributed by atoms with Gasteiger partial charge in [-0.1, -0.05) is 12.1 Å². The van der Waals surface area contributed by atoms with Gasteiger partial charge in [0.15, 0.2) is 0 Å². The molecule has 0 radical (unpaired) electrons. The number of hydrogen-bond donors (Lipinski definition) is 3. The number of amides is 3. The highest BCUT2D eigenvalue weighted by Gasteiger charge is 2.57. The van der Waals surface area contributed by atoms with Gasteiger partial charge in [-0.15, -0.1) is 0 Å². The Hall–Kier alpha value is -2.32. The maximum absolute atomic E-state index is 14.2. The molecule has 0 aromatic heterocycles. The molecule has 29 heavy (non-hydrogen) atoms. The molecule has 1 unspecified atom stereocenters. The number of imide groups is 1. The second-order valence-corrected chi connectivity index (χ2v) is 9.10. The van der Waals surface area contributed by atoms with Crippen LogP contribution in [-0.2, 0) is 22.7 Å². The predicted molar refractivity (Wildman–Crippen MR) is 103 cm³/mol. The summed E-state index contributed by atoms with van der Waals surface area (Å²) in [5.74, 6) is -0.838. The minimum Gasteiger partial charge on any atom is -0.322 e. The quantitative estimate of drug-likeness (QED) is 0.631. The third kappa shape index (κ3) is 3.24. The van der Waals surface area contributed by atoms with E-state index in [0.717, 1.165) is 24.2 Å². The van der Waals surface area contributed by atoms with Crippen molar-refractivity contribution in [1.29, 1.82) is 0 Å². The zero-order chi connectivity index (χ0) is 20.2. The molecule has 1 saturated carbocycles. The first-order chi connectivity index (χ1) is 13.9. The van der Waals surface area contributed by atoms with Crippen LogP contribution < -0.4 is 16.0 Å². The molecular formula is C21H25FN4O3. The summed E-state index contributed by atoms with van der Waals surface area (Å²) in [5.41, 5.74) is 1.49. The number of fused-ring (bicyclic) bond motifs is 3. The Bertz CT molecular complexity index is 896. The van der Waals surface area contributed by atoms with Crippen molar-refractivity contribution in [1.82, 2.24) is 20.9 Å². The van der Waals surface area contributed by atoms with Gasteiger partial charge in [0.05, 0.1) is 0 Å². The molecule has 2 bridgehead atoms. The van der Waals surface area contributed by atoms with Crippen molar-refractivity contribution in [2.75, 3.05) is 19.6 Å². The first-order valence-electron chi connectivity index (χ1n) is 10.2. The van der Waals surface area contributed by atoms with Gasteiger partial charge in [0.25, 0.3) is 5.91 Å². The monoisotopic (exact) mass is 400 g/mol. The van der Waals surface area contributed by atoms with Crippen molar-refractivity contribution in [2.24, 2.45) is 5.41 Å². The molecular weight excluding hydrogens is 375 g/mol. The van der Waals surface area contributed by atoms with E-state index in [1.54, 1.807) is 4.90 Å². The molecule has 1 aromatic carbocycles. The summed E-state index contributed by atoms with van der Waals surface area (Å²) in [7, 11) is 0. The number of nitrogens with one attached hydrogen (secondary N) is 3. The van der Waals surface area contributed by atoms with Gasteiger partial charge in [-0.3, -0.25) is 19.7 Å². The van der Waals surface area contributed by atoms with Crippen LogP contribution in [0.4, 0.5) is 4.39 Å². The normalized spacial score (nSPS) is 33.3. The SMILES string of the molecule is O=C1CCC(N2Cc3ccc(CNCC45CNCC(F)(C4)C5)cc3C2=O)C(=O)N1. The van der Waals surface area contributed by atoms with Gasteiger partial charge in [-0.2, -0.15) is 0 Å². The zero-order valence-corrected chi connectivity index (χ0v) is 16.2. The van der Waals surface area contributed by atoms with Gasteiger partial charge in [0, 0.05) is 50.1 Å². The topological polar surface area (TPSA) is 90.5 Å². The average molecular weight is 400 g/mol. The molecule has 4 fully saturated rings. The summed E-state index contributed by atoms with van der Waals surface area (Å²) < 4.78 is 14.2. The van der Waals surface area contributed by atoms with Gasteiger partial charge in [0.2, 0.25) is 11.8 Å². The molecule has 7 nitrogen and oxygen atoms in total. The Kier molecular flexibility index (Phi) is 4.25. The Balaban J connectivity index is 1.21. The smallest absolute Gasteiger partial charge is 0.255 e. The minimum atomic E-state index is -1.03. The minimum absolute atomic E-state index is 0.00211. The van der Waals surface area contributed by atoms with Crippen LogP contribution in [-0.4, -0.2) is 54.0 Å². The lowest BCUT2D eigenvalue weighted by atomic mass is 9.57. The van der Waals surface area contributed by atoms with Crippen molar-refractivity contribution in [3.8, 4) is 0 Å². The summed E-state index contributed by atoms with van der Waals surface area (Å²) in [4.78, 5) is 37.9. The molecule has 4 aliphatic heterocycles. The molecule has 8 heteroatoms. The number of carbonyl (C=O) groups excluding carboxylic acids is 3. The second-order valence-electron chi connectivity index (χ2n) is 9.10. The first-order valence-corrected chi connectivity index (χ1v) is 10.2. The van der Waals surface area contributed by atoms with Crippen molar-refractivity contribution in [3.05, 3.63) is 34.9 Å². The number of rotatable bonds is 5. The van der Waals surface area contributed by atoms with Gasteiger partial charge in [0.1, 0.15) is 11.7 Å². The third-order valence-corrected chi connectivity index (χ3v) is 6.75. The summed E-state index contributed by atoms with van der Waals surface area (Å²) in [6.45, 7) is 3.06. The van der Waals surface area contributed by atoms with Gasteiger partial charge < -0.3 is 15.5 Å². The lowest BCUT2D eigenvalue weighted by molar-refractivity contribution is -0.136. The molecule has 1 aliphatic carbocycles. The fraction of sp³-hybridized carbons (Fsp3) is 0.571. The van der Waals surface area contributed by atoms with E-state index in [9.17, 15) is 18.8 Å². The van der Waals surface area contributed by atoms with E-state index < -0.39 is 17.6 Å². The fourth-order valence-corrected chi connectivity index (χ4v) is 5.47. The highest BCUT2D eigenvalue weighted by atomic mass is 19.1. The van der Waals surface area contributed by atoms with E-state index in [1.807, 2.05) is 18.2 Å². The van der Waals surface area contributed by atoms with E-state index in [4.69, 9.17) is 0 Å². The van der Waals surface area contributed by atoms with Crippen LogP contribution in [0.3, 0.4) is 0 Å². The van der Waals surface area contributed by atoms with E-state index >= 15 is 0 Å². The van der Waals surface area contributed by atoms with Crippen molar-refractivity contribution < 1.29 is 18.8 Å². The summed E-state index contributed by atoms with van der Waals surface area (Å²) in [6, 6.07) is 5.22. The number of halogens is 1. The predicted octanol–water partition coefficient (Wildman–Crippen LogP) is 0.629. The molecule has 154 valence electrons. The molecule has 4 heterocycles. The van der Waals surface area contributed by atoms with Crippen LogP contribution in [0.15, 0.2) is 18.2 Å². The maximum Gasteiger partial charge on any atom is 0.255 e. The Morgan fingerprint density at radius 3 is 2.79 bits per heavy atom. The number of alkyl halides is 1. The van der Waals surface area contributed by atoms with E-state index in [1.165, 1.54) is 0 Å².